The average molecular weight is 275 g/mol. The number of para-hydroxylation sites is 1. The number of amides is 2. The van der Waals surface area contributed by atoms with Crippen molar-refractivity contribution in [3.63, 3.8) is 0 Å². The van der Waals surface area contributed by atoms with Crippen LogP contribution < -0.4 is 5.32 Å². The number of nitrogens with zero attached hydrogens (tertiary/aromatic N) is 2. The SMILES string of the molecule is CC1CCN(C(=O)Nc2nc3ccccc3s2)CC1. The Labute approximate surface area is 116 Å². The minimum atomic E-state index is -0.0223. The summed E-state index contributed by atoms with van der Waals surface area (Å²) in [4.78, 5) is 18.4. The van der Waals surface area contributed by atoms with Crippen molar-refractivity contribution >= 4 is 32.7 Å². The summed E-state index contributed by atoms with van der Waals surface area (Å²) in [6.45, 7) is 3.93. The predicted molar refractivity (Wildman–Crippen MR) is 78.6 cm³/mol. The van der Waals surface area contributed by atoms with Crippen LogP contribution in [0.3, 0.4) is 0 Å². The molecule has 0 bridgehead atoms. The third kappa shape index (κ3) is 2.71. The number of aromatic nitrogens is 1. The highest BCUT2D eigenvalue weighted by molar-refractivity contribution is 7.22. The molecule has 0 atom stereocenters. The van der Waals surface area contributed by atoms with Gasteiger partial charge in [-0.1, -0.05) is 30.4 Å². The standard InChI is InChI=1S/C14H17N3OS/c1-10-6-8-17(9-7-10)14(18)16-13-15-11-4-2-3-5-12(11)19-13/h2-5,10H,6-9H2,1H3,(H,15,16,18). The molecule has 2 amide bonds. The van der Waals surface area contributed by atoms with E-state index in [-0.39, 0.29) is 6.03 Å². The molecule has 1 saturated heterocycles. The molecule has 1 aromatic carbocycles. The number of anilines is 1. The molecular weight excluding hydrogens is 258 g/mol. The highest BCUT2D eigenvalue weighted by atomic mass is 32.1. The Kier molecular flexibility index (Phi) is 3.38. The number of nitrogens with one attached hydrogen (secondary N) is 1. The molecule has 5 heteroatoms. The van der Waals surface area contributed by atoms with Gasteiger partial charge in [-0.15, -0.1) is 0 Å². The maximum absolute atomic E-state index is 12.1. The Hall–Kier alpha value is -1.62. The van der Waals surface area contributed by atoms with Gasteiger partial charge in [0.05, 0.1) is 10.2 Å². The Morgan fingerprint density at radius 3 is 2.84 bits per heavy atom. The Morgan fingerprint density at radius 1 is 1.37 bits per heavy atom. The van der Waals surface area contributed by atoms with Gasteiger partial charge < -0.3 is 4.90 Å². The molecule has 4 nitrogen and oxygen atoms in total. The monoisotopic (exact) mass is 275 g/mol. The maximum atomic E-state index is 12.1. The minimum absolute atomic E-state index is 0.0223. The smallest absolute Gasteiger partial charge is 0.323 e. The van der Waals surface area contributed by atoms with E-state index in [0.717, 1.165) is 42.1 Å². The lowest BCUT2D eigenvalue weighted by atomic mass is 10.00. The molecule has 1 N–H and O–H groups in total. The van der Waals surface area contributed by atoms with Crippen LogP contribution >= 0.6 is 11.3 Å². The predicted octanol–water partition coefficient (Wildman–Crippen LogP) is 3.56. The second kappa shape index (κ2) is 5.17. The number of likely N-dealkylation sites (tertiary alicyclic amines) is 1. The van der Waals surface area contributed by atoms with E-state index in [4.69, 9.17) is 0 Å². The number of carbonyl (C=O) groups is 1. The van der Waals surface area contributed by atoms with E-state index in [2.05, 4.69) is 17.2 Å². The minimum Gasteiger partial charge on any atom is -0.324 e. The average Bonchev–Trinajstić information content (AvgIpc) is 2.81. The van der Waals surface area contributed by atoms with E-state index >= 15 is 0 Å². The highest BCUT2D eigenvalue weighted by Crippen LogP contribution is 2.26. The van der Waals surface area contributed by atoms with Gasteiger partial charge in [-0.2, -0.15) is 0 Å². The normalized spacial score (nSPS) is 16.8. The van der Waals surface area contributed by atoms with Gasteiger partial charge in [-0.3, -0.25) is 5.32 Å². The van der Waals surface area contributed by atoms with E-state index in [1.807, 2.05) is 29.2 Å². The van der Waals surface area contributed by atoms with Gasteiger partial charge in [0, 0.05) is 13.1 Å². The first-order valence-electron chi connectivity index (χ1n) is 6.64. The van der Waals surface area contributed by atoms with Crippen molar-refractivity contribution in [1.82, 2.24) is 9.88 Å². The lowest BCUT2D eigenvalue weighted by molar-refractivity contribution is 0.186. The molecular formula is C14H17N3OS. The number of fused-ring (bicyclic) bond motifs is 1. The fourth-order valence-corrected chi connectivity index (χ4v) is 3.16. The summed E-state index contributed by atoms with van der Waals surface area (Å²) >= 11 is 1.52. The van der Waals surface area contributed by atoms with Crippen molar-refractivity contribution in [2.75, 3.05) is 18.4 Å². The number of urea groups is 1. The fourth-order valence-electron chi connectivity index (χ4n) is 2.31. The van der Waals surface area contributed by atoms with Gasteiger partial charge in [-0.25, -0.2) is 9.78 Å². The third-order valence-electron chi connectivity index (χ3n) is 3.58. The van der Waals surface area contributed by atoms with Gasteiger partial charge in [0.2, 0.25) is 0 Å². The van der Waals surface area contributed by atoms with Gasteiger partial charge in [0.25, 0.3) is 0 Å². The third-order valence-corrected chi connectivity index (χ3v) is 4.53. The van der Waals surface area contributed by atoms with Gasteiger partial charge in [-0.05, 0) is 30.9 Å². The van der Waals surface area contributed by atoms with Crippen LogP contribution in [0.2, 0.25) is 0 Å². The summed E-state index contributed by atoms with van der Waals surface area (Å²) in [5.41, 5.74) is 0.940. The van der Waals surface area contributed by atoms with Crippen LogP contribution in [0.1, 0.15) is 19.8 Å². The molecule has 3 rings (SSSR count). The summed E-state index contributed by atoms with van der Waals surface area (Å²) in [6, 6.07) is 7.90. The number of hydrogen-bond acceptors (Lipinski definition) is 3. The number of carbonyl (C=O) groups excluding carboxylic acids is 1. The van der Waals surface area contributed by atoms with Crippen molar-refractivity contribution in [1.29, 1.82) is 0 Å². The molecule has 2 aromatic rings. The van der Waals surface area contributed by atoms with E-state index in [1.165, 1.54) is 11.3 Å². The zero-order valence-corrected chi connectivity index (χ0v) is 11.7. The van der Waals surface area contributed by atoms with Crippen molar-refractivity contribution in [2.24, 2.45) is 5.92 Å². The van der Waals surface area contributed by atoms with Crippen molar-refractivity contribution in [3.05, 3.63) is 24.3 Å². The zero-order chi connectivity index (χ0) is 13.2. The van der Waals surface area contributed by atoms with Gasteiger partial charge >= 0.3 is 6.03 Å². The number of thiazole rings is 1. The van der Waals surface area contributed by atoms with Crippen molar-refractivity contribution < 1.29 is 4.79 Å². The van der Waals surface area contributed by atoms with Crippen LogP contribution in [-0.4, -0.2) is 29.0 Å². The molecule has 0 radical (unpaired) electrons. The van der Waals surface area contributed by atoms with Crippen molar-refractivity contribution in [2.45, 2.75) is 19.8 Å². The fraction of sp³-hybridized carbons (Fsp3) is 0.429. The summed E-state index contributed by atoms with van der Waals surface area (Å²) in [7, 11) is 0. The molecule has 0 spiro atoms. The molecule has 1 aliphatic rings. The number of hydrogen-bond donors (Lipinski definition) is 1. The summed E-state index contributed by atoms with van der Waals surface area (Å²) in [6.07, 6.45) is 2.18. The van der Waals surface area contributed by atoms with Crippen LogP contribution in [0, 0.1) is 5.92 Å². The first-order valence-corrected chi connectivity index (χ1v) is 7.45. The molecule has 19 heavy (non-hydrogen) atoms. The Bertz CT molecular complexity index is 554. The van der Waals surface area contributed by atoms with Crippen LogP contribution in [0.15, 0.2) is 24.3 Å². The zero-order valence-electron chi connectivity index (χ0n) is 10.9. The van der Waals surface area contributed by atoms with Gasteiger partial charge in [0.15, 0.2) is 5.13 Å². The van der Waals surface area contributed by atoms with Crippen LogP contribution in [-0.2, 0) is 0 Å². The molecule has 1 fully saturated rings. The summed E-state index contributed by atoms with van der Waals surface area (Å²) in [5.74, 6) is 0.728. The van der Waals surface area contributed by atoms with E-state index in [9.17, 15) is 4.79 Å². The number of piperidine rings is 1. The lowest BCUT2D eigenvalue weighted by Gasteiger charge is -2.29. The maximum Gasteiger partial charge on any atom is 0.323 e. The largest absolute Gasteiger partial charge is 0.324 e. The Morgan fingerprint density at radius 2 is 2.11 bits per heavy atom. The Balaban J connectivity index is 1.68. The molecule has 100 valence electrons. The van der Waals surface area contributed by atoms with Crippen LogP contribution in [0.5, 0.6) is 0 Å². The van der Waals surface area contributed by atoms with Gasteiger partial charge in [0.1, 0.15) is 0 Å². The van der Waals surface area contributed by atoms with E-state index in [0.29, 0.717) is 5.13 Å². The molecule has 0 unspecified atom stereocenters. The second-order valence-electron chi connectivity index (χ2n) is 5.09. The summed E-state index contributed by atoms with van der Waals surface area (Å²) in [5, 5.41) is 3.60. The van der Waals surface area contributed by atoms with Crippen LogP contribution in [0.25, 0.3) is 10.2 Å². The van der Waals surface area contributed by atoms with Crippen molar-refractivity contribution in [3.8, 4) is 0 Å². The highest BCUT2D eigenvalue weighted by Gasteiger charge is 2.20. The molecule has 0 aliphatic carbocycles. The molecule has 1 aliphatic heterocycles. The first-order chi connectivity index (χ1) is 9.22. The van der Waals surface area contributed by atoms with E-state index < -0.39 is 0 Å². The first kappa shape index (κ1) is 12.4. The number of benzene rings is 1. The second-order valence-corrected chi connectivity index (χ2v) is 6.12. The molecule has 2 heterocycles. The van der Waals surface area contributed by atoms with Crippen LogP contribution in [0.4, 0.5) is 9.93 Å². The number of rotatable bonds is 1. The van der Waals surface area contributed by atoms with E-state index in [1.54, 1.807) is 0 Å². The molecule has 1 aromatic heterocycles. The quantitative estimate of drug-likeness (QED) is 0.865. The lowest BCUT2D eigenvalue weighted by Crippen LogP contribution is -2.40. The topological polar surface area (TPSA) is 45.2 Å². The molecule has 0 saturated carbocycles. The summed E-state index contributed by atoms with van der Waals surface area (Å²) < 4.78 is 1.10.